The van der Waals surface area contributed by atoms with Crippen LogP contribution in [0.1, 0.15) is 43.7 Å². The van der Waals surface area contributed by atoms with Crippen LogP contribution in [0.3, 0.4) is 0 Å². The van der Waals surface area contributed by atoms with E-state index < -0.39 is 11.6 Å². The Hall–Kier alpha value is -2.21. The number of ether oxygens (including phenoxy) is 1. The van der Waals surface area contributed by atoms with Crippen molar-refractivity contribution in [3.05, 3.63) is 82.9 Å². The molecule has 0 spiro atoms. The zero-order chi connectivity index (χ0) is 24.4. The average Bonchev–Trinajstić information content (AvgIpc) is 2.87. The summed E-state index contributed by atoms with van der Waals surface area (Å²) >= 11 is 8.32. The second-order valence-corrected chi connectivity index (χ2v) is 10.3. The van der Waals surface area contributed by atoms with Gasteiger partial charge in [-0.2, -0.15) is 0 Å². The third-order valence-corrected chi connectivity index (χ3v) is 7.77. The van der Waals surface area contributed by atoms with Crippen molar-refractivity contribution in [2.45, 2.75) is 60.8 Å². The Balaban J connectivity index is 1.60. The molecule has 34 heavy (non-hydrogen) atoms. The summed E-state index contributed by atoms with van der Waals surface area (Å²) in [6.45, 7) is 1.78. The normalized spacial score (nSPS) is 16.8. The summed E-state index contributed by atoms with van der Waals surface area (Å²) < 4.78 is 4.72. The number of nitrogens with one attached hydrogen (secondary N) is 1. The quantitative estimate of drug-likeness (QED) is 0.350. The molecule has 6 heteroatoms. The average molecular weight is 500 g/mol. The summed E-state index contributed by atoms with van der Waals surface area (Å²) in [5, 5.41) is 13.4. The van der Waals surface area contributed by atoms with E-state index in [-0.39, 0.29) is 6.61 Å². The molecule has 0 heterocycles. The highest BCUT2D eigenvalue weighted by Gasteiger charge is 2.29. The lowest BCUT2D eigenvalue weighted by Crippen LogP contribution is -2.51. The lowest BCUT2D eigenvalue weighted by Gasteiger charge is -2.31. The molecule has 0 aromatic heterocycles. The van der Waals surface area contributed by atoms with Crippen molar-refractivity contribution in [1.29, 1.82) is 0 Å². The molecule has 0 saturated carbocycles. The van der Waals surface area contributed by atoms with Crippen LogP contribution >= 0.6 is 23.4 Å². The minimum atomic E-state index is -0.728. The number of hydrogen-bond acceptors (Lipinski definition) is 4. The Morgan fingerprint density at radius 1 is 1.21 bits per heavy atom. The minimum absolute atomic E-state index is 0.159. The van der Waals surface area contributed by atoms with E-state index in [1.165, 1.54) is 17.6 Å². The van der Waals surface area contributed by atoms with Gasteiger partial charge < -0.3 is 15.2 Å². The number of rotatable bonds is 11. The molecular formula is C28H34ClNO3S. The van der Waals surface area contributed by atoms with Crippen LogP contribution in [0.4, 0.5) is 4.79 Å². The highest BCUT2D eigenvalue weighted by Crippen LogP contribution is 2.33. The standard InChI is InChI=1S/C28H34ClNO3S/c1-3-28(20-31,30-27(32)33-2)17-16-23-14-15-25(19-26(23)29)34-24-11-7-10-22(18-24)13-12-21-8-5-4-6-9-21/h4-8,10-11,14-15,18-19,21,31H,3,9,12-13,16-17,20H2,1-2H3,(H,30,32). The van der Waals surface area contributed by atoms with Crippen LogP contribution in [-0.2, 0) is 17.6 Å². The van der Waals surface area contributed by atoms with Crippen LogP contribution in [0.2, 0.25) is 5.02 Å². The van der Waals surface area contributed by atoms with Gasteiger partial charge in [0.1, 0.15) is 0 Å². The van der Waals surface area contributed by atoms with E-state index in [2.05, 4.69) is 60.0 Å². The van der Waals surface area contributed by atoms with Gasteiger partial charge in [0.2, 0.25) is 0 Å². The molecule has 2 aromatic carbocycles. The zero-order valence-corrected chi connectivity index (χ0v) is 21.5. The maximum absolute atomic E-state index is 11.7. The fourth-order valence-electron chi connectivity index (χ4n) is 4.09. The lowest BCUT2D eigenvalue weighted by molar-refractivity contribution is 0.118. The Labute approximate surface area is 212 Å². The number of aliphatic hydroxyl groups is 1. The first-order valence-electron chi connectivity index (χ1n) is 11.8. The van der Waals surface area contributed by atoms with Crippen molar-refractivity contribution in [1.82, 2.24) is 5.32 Å². The van der Waals surface area contributed by atoms with Crippen molar-refractivity contribution in [2.24, 2.45) is 5.92 Å². The molecule has 182 valence electrons. The van der Waals surface area contributed by atoms with E-state index >= 15 is 0 Å². The van der Waals surface area contributed by atoms with Gasteiger partial charge in [0.25, 0.3) is 0 Å². The van der Waals surface area contributed by atoms with Crippen LogP contribution in [0.15, 0.2) is 76.6 Å². The Bertz CT molecular complexity index is 1020. The Kier molecular flexibility index (Phi) is 10.1. The van der Waals surface area contributed by atoms with Gasteiger partial charge >= 0.3 is 6.09 Å². The maximum atomic E-state index is 11.7. The molecule has 3 rings (SSSR count). The van der Waals surface area contributed by atoms with Crippen LogP contribution in [0.25, 0.3) is 0 Å². The molecule has 1 amide bonds. The molecule has 0 saturated heterocycles. The van der Waals surface area contributed by atoms with Crippen molar-refractivity contribution < 1.29 is 14.6 Å². The van der Waals surface area contributed by atoms with Gasteiger partial charge in [-0.15, -0.1) is 0 Å². The first kappa shape index (κ1) is 26.4. The molecule has 4 nitrogen and oxygen atoms in total. The maximum Gasteiger partial charge on any atom is 0.407 e. The number of methoxy groups -OCH3 is 1. The number of aryl methyl sites for hydroxylation is 2. The van der Waals surface area contributed by atoms with Gasteiger partial charge in [0, 0.05) is 14.8 Å². The predicted octanol–water partition coefficient (Wildman–Crippen LogP) is 6.99. The minimum Gasteiger partial charge on any atom is -0.453 e. The molecule has 0 radical (unpaired) electrons. The molecular weight excluding hydrogens is 466 g/mol. The lowest BCUT2D eigenvalue weighted by atomic mass is 9.89. The number of carbonyl (C=O) groups is 1. The number of hydrogen-bond donors (Lipinski definition) is 2. The summed E-state index contributed by atoms with van der Waals surface area (Å²) in [5.74, 6) is 0.632. The largest absolute Gasteiger partial charge is 0.453 e. The third-order valence-electron chi connectivity index (χ3n) is 6.44. The van der Waals surface area contributed by atoms with E-state index in [1.807, 2.05) is 19.1 Å². The van der Waals surface area contributed by atoms with Gasteiger partial charge in [0.15, 0.2) is 0 Å². The van der Waals surface area contributed by atoms with Crippen molar-refractivity contribution in [3.63, 3.8) is 0 Å². The fraction of sp³-hybridized carbons (Fsp3) is 0.393. The van der Waals surface area contributed by atoms with E-state index in [4.69, 9.17) is 16.3 Å². The zero-order valence-electron chi connectivity index (χ0n) is 19.9. The molecule has 2 N–H and O–H groups in total. The molecule has 2 aromatic rings. The smallest absolute Gasteiger partial charge is 0.407 e. The molecule has 0 bridgehead atoms. The van der Waals surface area contributed by atoms with Crippen LogP contribution in [0, 0.1) is 5.92 Å². The third kappa shape index (κ3) is 7.66. The first-order valence-corrected chi connectivity index (χ1v) is 13.0. The number of aliphatic hydroxyl groups excluding tert-OH is 1. The second kappa shape index (κ2) is 13.0. The monoisotopic (exact) mass is 499 g/mol. The van der Waals surface area contributed by atoms with E-state index in [1.54, 1.807) is 11.8 Å². The topological polar surface area (TPSA) is 58.6 Å². The summed E-state index contributed by atoms with van der Waals surface area (Å²) in [5.41, 5.74) is 1.62. The first-order chi connectivity index (χ1) is 16.5. The summed E-state index contributed by atoms with van der Waals surface area (Å²) in [6.07, 6.45) is 13.4. The molecule has 2 atom stereocenters. The van der Waals surface area contributed by atoms with Gasteiger partial charge in [0.05, 0.1) is 19.3 Å². The Morgan fingerprint density at radius 2 is 2.03 bits per heavy atom. The van der Waals surface area contributed by atoms with E-state index in [0.29, 0.717) is 30.2 Å². The van der Waals surface area contributed by atoms with Crippen LogP contribution in [-0.4, -0.2) is 30.5 Å². The molecule has 1 aliphatic rings. The van der Waals surface area contributed by atoms with Crippen molar-refractivity contribution in [3.8, 4) is 0 Å². The number of alkyl carbamates (subject to hydrolysis) is 1. The highest BCUT2D eigenvalue weighted by atomic mass is 35.5. The highest BCUT2D eigenvalue weighted by molar-refractivity contribution is 7.99. The van der Waals surface area contributed by atoms with Crippen molar-refractivity contribution in [2.75, 3.05) is 13.7 Å². The summed E-state index contributed by atoms with van der Waals surface area (Å²) in [6, 6.07) is 14.8. The van der Waals surface area contributed by atoms with Crippen LogP contribution < -0.4 is 5.32 Å². The van der Waals surface area contributed by atoms with E-state index in [9.17, 15) is 9.90 Å². The number of allylic oxidation sites excluding steroid dienone is 4. The SMILES string of the molecule is CCC(CO)(CCc1ccc(Sc2cccc(CCC3C=CC=CC3)c2)cc1Cl)NC(=O)OC. The van der Waals surface area contributed by atoms with Crippen molar-refractivity contribution >= 4 is 29.5 Å². The van der Waals surface area contributed by atoms with Gasteiger partial charge in [-0.3, -0.25) is 0 Å². The van der Waals surface area contributed by atoms with Gasteiger partial charge in [-0.1, -0.05) is 72.8 Å². The molecule has 0 fully saturated rings. The molecule has 1 aliphatic carbocycles. The van der Waals surface area contributed by atoms with Crippen LogP contribution in [0.5, 0.6) is 0 Å². The number of halogens is 1. The summed E-state index contributed by atoms with van der Waals surface area (Å²) in [7, 11) is 1.32. The fourth-order valence-corrected chi connectivity index (χ4v) is 5.37. The summed E-state index contributed by atoms with van der Waals surface area (Å²) in [4.78, 5) is 14.0. The van der Waals surface area contributed by atoms with Gasteiger partial charge in [-0.05, 0) is 79.8 Å². The predicted molar refractivity (Wildman–Crippen MR) is 141 cm³/mol. The number of benzene rings is 2. The molecule has 2 unspecified atom stereocenters. The van der Waals surface area contributed by atoms with E-state index in [0.717, 1.165) is 29.7 Å². The second-order valence-electron chi connectivity index (χ2n) is 8.76. The number of carbonyl (C=O) groups excluding carboxylic acids is 1. The number of amides is 1. The Morgan fingerprint density at radius 3 is 2.71 bits per heavy atom. The van der Waals surface area contributed by atoms with Gasteiger partial charge in [-0.25, -0.2) is 4.79 Å². The molecule has 0 aliphatic heterocycles.